The highest BCUT2D eigenvalue weighted by Gasteiger charge is 2.14. The van der Waals surface area contributed by atoms with E-state index < -0.39 is 5.97 Å². The first-order chi connectivity index (χ1) is 10.6. The number of aromatic carboxylic acids is 1. The number of hydrogen-bond donors (Lipinski definition) is 2. The smallest absolute Gasteiger partial charge is 0.336 e. The fraction of sp³-hybridized carbons (Fsp3) is 0.353. The molecule has 118 valence electrons. The molecule has 0 radical (unpaired) electrons. The zero-order chi connectivity index (χ0) is 15.9. The van der Waals surface area contributed by atoms with E-state index in [1.54, 1.807) is 23.5 Å². The van der Waals surface area contributed by atoms with Crippen LogP contribution in [0, 0.1) is 6.92 Å². The molecule has 22 heavy (non-hydrogen) atoms. The lowest BCUT2D eigenvalue weighted by Gasteiger charge is -2.22. The lowest BCUT2D eigenvalue weighted by molar-refractivity contribution is 0.0694. The van der Waals surface area contributed by atoms with Gasteiger partial charge in [-0.15, -0.1) is 11.3 Å². The van der Waals surface area contributed by atoms with Crippen molar-refractivity contribution in [2.75, 3.05) is 13.2 Å². The number of aliphatic hydroxyl groups is 1. The van der Waals surface area contributed by atoms with Crippen LogP contribution in [-0.2, 0) is 13.1 Å². The largest absolute Gasteiger partial charge is 0.478 e. The van der Waals surface area contributed by atoms with Crippen molar-refractivity contribution < 1.29 is 15.0 Å². The predicted molar refractivity (Wildman–Crippen MR) is 88.3 cm³/mol. The molecule has 0 saturated heterocycles. The summed E-state index contributed by atoms with van der Waals surface area (Å²) in [6, 6.07) is 11.3. The maximum atomic E-state index is 11.3. The Bertz CT molecular complexity index is 624. The molecule has 2 aromatic rings. The average Bonchev–Trinajstić information content (AvgIpc) is 2.90. The van der Waals surface area contributed by atoms with E-state index in [4.69, 9.17) is 5.11 Å². The first-order valence-electron chi connectivity index (χ1n) is 7.30. The number of benzene rings is 1. The second-order valence-electron chi connectivity index (χ2n) is 5.26. The molecule has 1 aromatic carbocycles. The van der Waals surface area contributed by atoms with Gasteiger partial charge in [-0.1, -0.05) is 18.2 Å². The molecule has 0 bridgehead atoms. The Morgan fingerprint density at radius 2 is 1.95 bits per heavy atom. The fourth-order valence-electron chi connectivity index (χ4n) is 2.41. The van der Waals surface area contributed by atoms with Gasteiger partial charge in [-0.05, 0) is 37.1 Å². The molecule has 0 atom stereocenters. The second-order valence-corrected chi connectivity index (χ2v) is 6.63. The first-order valence-corrected chi connectivity index (χ1v) is 8.11. The maximum absolute atomic E-state index is 11.3. The summed E-state index contributed by atoms with van der Waals surface area (Å²) in [5, 5.41) is 18.4. The molecule has 0 aliphatic rings. The minimum atomic E-state index is -0.898. The van der Waals surface area contributed by atoms with Gasteiger partial charge in [-0.25, -0.2) is 4.79 Å². The number of carboxylic acids is 1. The van der Waals surface area contributed by atoms with Crippen molar-refractivity contribution in [1.29, 1.82) is 0 Å². The van der Waals surface area contributed by atoms with Crippen molar-refractivity contribution >= 4 is 17.3 Å². The fourth-order valence-corrected chi connectivity index (χ4v) is 3.34. The van der Waals surface area contributed by atoms with Crippen molar-refractivity contribution in [3.05, 3.63) is 57.3 Å². The van der Waals surface area contributed by atoms with E-state index >= 15 is 0 Å². The van der Waals surface area contributed by atoms with Gasteiger partial charge in [0.15, 0.2) is 0 Å². The van der Waals surface area contributed by atoms with Gasteiger partial charge >= 0.3 is 5.97 Å². The van der Waals surface area contributed by atoms with Crippen LogP contribution >= 0.6 is 11.3 Å². The molecule has 0 unspecified atom stereocenters. The summed E-state index contributed by atoms with van der Waals surface area (Å²) in [6.07, 6.45) is 0.680. The molecule has 1 heterocycles. The van der Waals surface area contributed by atoms with Crippen molar-refractivity contribution in [3.8, 4) is 0 Å². The van der Waals surface area contributed by atoms with Crippen LogP contribution in [0.2, 0.25) is 0 Å². The first kappa shape index (κ1) is 16.7. The van der Waals surface area contributed by atoms with Gasteiger partial charge in [-0.2, -0.15) is 0 Å². The number of thiophene rings is 1. The molecular formula is C17H21NO3S. The van der Waals surface area contributed by atoms with Crippen LogP contribution in [0.5, 0.6) is 0 Å². The summed E-state index contributed by atoms with van der Waals surface area (Å²) in [5.41, 5.74) is 1.15. The Morgan fingerprint density at radius 1 is 1.18 bits per heavy atom. The van der Waals surface area contributed by atoms with E-state index in [-0.39, 0.29) is 6.61 Å². The molecule has 0 saturated carbocycles. The van der Waals surface area contributed by atoms with Gasteiger partial charge in [0, 0.05) is 36.0 Å². The van der Waals surface area contributed by atoms with Gasteiger partial charge in [0.05, 0.1) is 5.56 Å². The standard InChI is InChI=1S/C17H21NO3S/c1-13-7-8-15(22-13)12-18(9-4-10-19)11-14-5-2-3-6-16(14)17(20)21/h2-3,5-8,19H,4,9-12H2,1H3,(H,20,21). The Labute approximate surface area is 134 Å². The van der Waals surface area contributed by atoms with Gasteiger partial charge < -0.3 is 10.2 Å². The number of aryl methyl sites for hydroxylation is 1. The third kappa shape index (κ3) is 4.66. The highest BCUT2D eigenvalue weighted by molar-refractivity contribution is 7.11. The Kier molecular flexibility index (Phi) is 6.12. The van der Waals surface area contributed by atoms with E-state index in [9.17, 15) is 9.90 Å². The van der Waals surface area contributed by atoms with Gasteiger partial charge in [0.25, 0.3) is 0 Å². The summed E-state index contributed by atoms with van der Waals surface area (Å²) in [5.74, 6) is -0.898. The third-order valence-electron chi connectivity index (χ3n) is 3.45. The normalized spacial score (nSPS) is 11.0. The average molecular weight is 319 g/mol. The van der Waals surface area contributed by atoms with Gasteiger partial charge in [0.2, 0.25) is 0 Å². The van der Waals surface area contributed by atoms with Crippen LogP contribution < -0.4 is 0 Å². The second kappa shape index (κ2) is 8.08. The Morgan fingerprint density at radius 3 is 2.59 bits per heavy atom. The minimum absolute atomic E-state index is 0.139. The minimum Gasteiger partial charge on any atom is -0.478 e. The molecule has 4 nitrogen and oxygen atoms in total. The number of rotatable bonds is 8. The number of aliphatic hydroxyl groups excluding tert-OH is 1. The summed E-state index contributed by atoms with van der Waals surface area (Å²) < 4.78 is 0. The topological polar surface area (TPSA) is 60.8 Å². The molecule has 0 aliphatic heterocycles. The van der Waals surface area contributed by atoms with Crippen LogP contribution in [0.4, 0.5) is 0 Å². The highest BCUT2D eigenvalue weighted by Crippen LogP contribution is 2.19. The predicted octanol–water partition coefficient (Wildman–Crippen LogP) is 3.14. The molecular weight excluding hydrogens is 298 g/mol. The number of carboxylic acid groups (broad SMARTS) is 1. The summed E-state index contributed by atoms with van der Waals surface area (Å²) in [7, 11) is 0. The Balaban J connectivity index is 2.14. The summed E-state index contributed by atoms with van der Waals surface area (Å²) in [4.78, 5) is 16.0. The van der Waals surface area contributed by atoms with Crippen LogP contribution in [0.15, 0.2) is 36.4 Å². The van der Waals surface area contributed by atoms with Crippen LogP contribution in [0.25, 0.3) is 0 Å². The SMILES string of the molecule is Cc1ccc(CN(CCCO)Cc2ccccc2C(=O)O)s1. The van der Waals surface area contributed by atoms with Gasteiger partial charge in [0.1, 0.15) is 0 Å². The van der Waals surface area contributed by atoms with Crippen LogP contribution in [0.3, 0.4) is 0 Å². The highest BCUT2D eigenvalue weighted by atomic mass is 32.1. The monoisotopic (exact) mass is 319 g/mol. The Hall–Kier alpha value is -1.69. The quantitative estimate of drug-likeness (QED) is 0.785. The van der Waals surface area contributed by atoms with Crippen molar-refractivity contribution in [1.82, 2.24) is 4.90 Å². The van der Waals surface area contributed by atoms with E-state index in [1.165, 1.54) is 9.75 Å². The molecule has 0 amide bonds. The van der Waals surface area contributed by atoms with Crippen LogP contribution in [0.1, 0.15) is 32.1 Å². The van der Waals surface area contributed by atoms with Gasteiger partial charge in [-0.3, -0.25) is 4.90 Å². The molecule has 0 fully saturated rings. The molecule has 0 aliphatic carbocycles. The molecule has 2 rings (SSSR count). The lowest BCUT2D eigenvalue weighted by Crippen LogP contribution is -2.25. The van der Waals surface area contributed by atoms with E-state index in [2.05, 4.69) is 24.0 Å². The summed E-state index contributed by atoms with van der Waals surface area (Å²) in [6.45, 7) is 4.29. The van der Waals surface area contributed by atoms with E-state index in [0.29, 0.717) is 18.5 Å². The van der Waals surface area contributed by atoms with E-state index in [0.717, 1.165) is 18.7 Å². The number of nitrogens with zero attached hydrogens (tertiary/aromatic N) is 1. The number of hydrogen-bond acceptors (Lipinski definition) is 4. The zero-order valence-corrected chi connectivity index (χ0v) is 13.5. The molecule has 2 N–H and O–H groups in total. The van der Waals surface area contributed by atoms with Crippen molar-refractivity contribution in [2.24, 2.45) is 0 Å². The zero-order valence-electron chi connectivity index (χ0n) is 12.7. The maximum Gasteiger partial charge on any atom is 0.336 e. The molecule has 0 spiro atoms. The lowest BCUT2D eigenvalue weighted by atomic mass is 10.1. The van der Waals surface area contributed by atoms with Crippen molar-refractivity contribution in [3.63, 3.8) is 0 Å². The molecule has 1 aromatic heterocycles. The molecule has 5 heteroatoms. The third-order valence-corrected chi connectivity index (χ3v) is 4.44. The van der Waals surface area contributed by atoms with Crippen LogP contribution in [-0.4, -0.2) is 34.2 Å². The summed E-state index contributed by atoms with van der Waals surface area (Å²) >= 11 is 1.75. The van der Waals surface area contributed by atoms with Crippen molar-refractivity contribution in [2.45, 2.75) is 26.4 Å². The van der Waals surface area contributed by atoms with E-state index in [1.807, 2.05) is 12.1 Å². The number of carbonyl (C=O) groups is 1.